The zero-order valence-electron chi connectivity index (χ0n) is 21.3. The van der Waals surface area contributed by atoms with Gasteiger partial charge in [-0.25, -0.2) is 4.39 Å². The van der Waals surface area contributed by atoms with Crippen LogP contribution in [0.1, 0.15) is 44.6 Å². The molecule has 1 fully saturated rings. The number of ether oxygens (including phenoxy) is 3. The number of nitrogens with two attached hydrogens (primary N) is 2. The first-order valence-corrected chi connectivity index (χ1v) is 12.8. The van der Waals surface area contributed by atoms with E-state index in [4.69, 9.17) is 25.7 Å². The lowest BCUT2D eigenvalue weighted by Crippen LogP contribution is -2.45. The fraction of sp³-hybridized carbons (Fsp3) is 0.308. The average Bonchev–Trinajstić information content (AvgIpc) is 3.60. The Balaban J connectivity index is 1.85. The summed E-state index contributed by atoms with van der Waals surface area (Å²) in [5.41, 5.74) is 11.5. The fourth-order valence-electron chi connectivity index (χ4n) is 4.28. The summed E-state index contributed by atoms with van der Waals surface area (Å²) in [6.45, 7) is 0.829. The third-order valence-corrected chi connectivity index (χ3v) is 7.09. The summed E-state index contributed by atoms with van der Waals surface area (Å²) in [5.74, 6) is -1.97. The van der Waals surface area contributed by atoms with Gasteiger partial charge in [-0.15, -0.1) is 0 Å². The highest BCUT2D eigenvalue weighted by Crippen LogP contribution is 2.36. The molecule has 0 aliphatic carbocycles. The van der Waals surface area contributed by atoms with E-state index in [9.17, 15) is 18.8 Å². The van der Waals surface area contributed by atoms with Crippen molar-refractivity contribution in [1.82, 2.24) is 9.69 Å². The van der Waals surface area contributed by atoms with Gasteiger partial charge in [-0.05, 0) is 66.3 Å². The Morgan fingerprint density at radius 3 is 2.49 bits per heavy atom. The van der Waals surface area contributed by atoms with Gasteiger partial charge in [0.15, 0.2) is 17.2 Å². The fourth-order valence-corrected chi connectivity index (χ4v) is 5.02. The first kappa shape index (κ1) is 27.8. The summed E-state index contributed by atoms with van der Waals surface area (Å²) in [5, 5.41) is 2.87. The molecule has 11 nitrogen and oxygen atoms in total. The number of nitrogen functional groups attached to an aromatic ring is 1. The van der Waals surface area contributed by atoms with Gasteiger partial charge >= 0.3 is 0 Å². The Morgan fingerprint density at radius 2 is 1.90 bits per heavy atom. The van der Waals surface area contributed by atoms with E-state index in [1.54, 1.807) is 18.2 Å². The number of aromatic nitrogens is 1. The van der Waals surface area contributed by atoms with Crippen molar-refractivity contribution in [2.75, 3.05) is 38.0 Å². The van der Waals surface area contributed by atoms with Gasteiger partial charge in [0.25, 0.3) is 11.8 Å². The lowest BCUT2D eigenvalue weighted by atomic mass is 10.0. The Bertz CT molecular complexity index is 1360. The zero-order valence-corrected chi connectivity index (χ0v) is 22.1. The van der Waals surface area contributed by atoms with E-state index in [2.05, 4.69) is 9.69 Å². The molecule has 1 aromatic heterocycles. The SMILES string of the molecule is COc1ccc([C@@H](C(=O)NC[C@H]2CCCO2)N(C(=O)c2snc(C(N)=O)c2N)c2ccc(F)cc2)cc1OC. The standard InChI is InChI=1S/C26H28FN5O6S/c1-36-18-10-5-14(12-19(18)37-2)22(25(34)30-13-17-4-3-11-38-17)32(16-8-6-15(27)7-9-16)26(35)23-20(28)21(24(29)33)31-39-23/h5-10,12,17,22H,3-4,11,13,28H2,1-2H3,(H2,29,33)(H,30,34)/t17-,22+/m1/s1. The number of benzene rings is 2. The van der Waals surface area contributed by atoms with E-state index >= 15 is 0 Å². The highest BCUT2D eigenvalue weighted by Gasteiger charge is 2.37. The maximum Gasteiger partial charge on any atom is 0.273 e. The van der Waals surface area contributed by atoms with Crippen molar-refractivity contribution in [3.63, 3.8) is 0 Å². The Kier molecular flexibility index (Phi) is 8.62. The quantitative estimate of drug-likeness (QED) is 0.343. The number of methoxy groups -OCH3 is 2. The van der Waals surface area contributed by atoms with E-state index in [0.717, 1.165) is 25.0 Å². The number of primary amides is 1. The molecule has 1 saturated heterocycles. The van der Waals surface area contributed by atoms with E-state index in [1.165, 1.54) is 31.3 Å². The molecule has 3 aromatic rings. The second-order valence-electron chi connectivity index (χ2n) is 8.69. The molecule has 2 aromatic carbocycles. The second kappa shape index (κ2) is 12.1. The van der Waals surface area contributed by atoms with Gasteiger partial charge in [-0.3, -0.25) is 19.3 Å². The summed E-state index contributed by atoms with van der Waals surface area (Å²) in [6.07, 6.45) is 1.51. The molecule has 3 amide bonds. The van der Waals surface area contributed by atoms with Crippen LogP contribution in [-0.4, -0.2) is 55.6 Å². The van der Waals surface area contributed by atoms with Crippen LogP contribution in [0.25, 0.3) is 0 Å². The number of amides is 3. The minimum atomic E-state index is -1.28. The average molecular weight is 558 g/mol. The smallest absolute Gasteiger partial charge is 0.273 e. The number of halogens is 1. The van der Waals surface area contributed by atoms with Crippen molar-refractivity contribution in [1.29, 1.82) is 0 Å². The van der Waals surface area contributed by atoms with Crippen molar-refractivity contribution in [3.8, 4) is 11.5 Å². The van der Waals surface area contributed by atoms with Gasteiger partial charge in [0.2, 0.25) is 5.91 Å². The van der Waals surface area contributed by atoms with Crippen LogP contribution >= 0.6 is 11.5 Å². The number of rotatable bonds is 10. The number of carbonyl (C=O) groups excluding carboxylic acids is 3. The Morgan fingerprint density at radius 1 is 1.18 bits per heavy atom. The predicted molar refractivity (Wildman–Crippen MR) is 143 cm³/mol. The van der Waals surface area contributed by atoms with Gasteiger partial charge in [-0.2, -0.15) is 4.37 Å². The van der Waals surface area contributed by atoms with E-state index < -0.39 is 29.6 Å². The van der Waals surface area contributed by atoms with Crippen LogP contribution in [0.5, 0.6) is 11.5 Å². The van der Waals surface area contributed by atoms with Crippen molar-refractivity contribution in [2.45, 2.75) is 25.0 Å². The number of nitrogens with zero attached hydrogens (tertiary/aromatic N) is 2. The summed E-state index contributed by atoms with van der Waals surface area (Å²) in [6, 6.07) is 8.57. The summed E-state index contributed by atoms with van der Waals surface area (Å²) in [4.78, 5) is 40.7. The zero-order chi connectivity index (χ0) is 28.1. The lowest BCUT2D eigenvalue weighted by molar-refractivity contribution is -0.123. The van der Waals surface area contributed by atoms with Gasteiger partial charge in [0.05, 0.1) is 26.0 Å². The molecule has 2 atom stereocenters. The number of nitrogens with one attached hydrogen (secondary N) is 1. The molecule has 4 rings (SSSR count). The molecule has 0 unspecified atom stereocenters. The minimum Gasteiger partial charge on any atom is -0.493 e. The third kappa shape index (κ3) is 5.94. The molecule has 13 heteroatoms. The first-order chi connectivity index (χ1) is 18.7. The molecule has 0 bridgehead atoms. The molecule has 1 aliphatic rings. The monoisotopic (exact) mass is 557 g/mol. The molecule has 39 heavy (non-hydrogen) atoms. The number of hydrogen-bond donors (Lipinski definition) is 3. The first-order valence-electron chi connectivity index (χ1n) is 12.0. The van der Waals surface area contributed by atoms with Crippen LogP contribution in [-0.2, 0) is 9.53 Å². The molecule has 206 valence electrons. The van der Waals surface area contributed by atoms with E-state index in [-0.39, 0.29) is 34.6 Å². The van der Waals surface area contributed by atoms with Crippen molar-refractivity contribution < 1.29 is 33.0 Å². The maximum absolute atomic E-state index is 14.1. The maximum atomic E-state index is 14.1. The summed E-state index contributed by atoms with van der Waals surface area (Å²) < 4.78 is 34.2. The topological polar surface area (TPSA) is 159 Å². The summed E-state index contributed by atoms with van der Waals surface area (Å²) in [7, 11) is 2.92. The highest BCUT2D eigenvalue weighted by atomic mass is 32.1. The Hall–Kier alpha value is -4.23. The highest BCUT2D eigenvalue weighted by molar-refractivity contribution is 7.09. The van der Waals surface area contributed by atoms with E-state index in [1.807, 2.05) is 0 Å². The van der Waals surface area contributed by atoms with E-state index in [0.29, 0.717) is 35.2 Å². The second-order valence-corrected chi connectivity index (χ2v) is 9.46. The van der Waals surface area contributed by atoms with Crippen LogP contribution in [0, 0.1) is 5.82 Å². The van der Waals surface area contributed by atoms with Crippen molar-refractivity contribution in [3.05, 3.63) is 64.4 Å². The third-order valence-electron chi connectivity index (χ3n) is 6.24. The summed E-state index contributed by atoms with van der Waals surface area (Å²) >= 11 is 0.673. The van der Waals surface area contributed by atoms with Crippen LogP contribution in [0.3, 0.4) is 0 Å². The van der Waals surface area contributed by atoms with Crippen molar-refractivity contribution in [2.24, 2.45) is 5.73 Å². The molecular weight excluding hydrogens is 529 g/mol. The molecular formula is C26H28FN5O6S. The normalized spacial score (nSPS) is 15.4. The van der Waals surface area contributed by atoms with Gasteiger partial charge < -0.3 is 31.0 Å². The largest absolute Gasteiger partial charge is 0.493 e. The van der Waals surface area contributed by atoms with Crippen LogP contribution < -0.4 is 31.2 Å². The lowest BCUT2D eigenvalue weighted by Gasteiger charge is -2.32. The number of anilines is 2. The number of carbonyl (C=O) groups is 3. The minimum absolute atomic E-state index is 0.106. The van der Waals surface area contributed by atoms with Crippen LogP contribution in [0.15, 0.2) is 42.5 Å². The molecule has 5 N–H and O–H groups in total. The van der Waals surface area contributed by atoms with Crippen molar-refractivity contribution >= 4 is 40.6 Å². The molecule has 0 spiro atoms. The van der Waals surface area contributed by atoms with Gasteiger partial charge in [0.1, 0.15) is 16.7 Å². The van der Waals surface area contributed by atoms with Crippen LogP contribution in [0.2, 0.25) is 0 Å². The van der Waals surface area contributed by atoms with Crippen LogP contribution in [0.4, 0.5) is 15.8 Å². The molecule has 1 aliphatic heterocycles. The molecule has 2 heterocycles. The van der Waals surface area contributed by atoms with Gasteiger partial charge in [-0.1, -0.05) is 6.07 Å². The Labute approximate surface area is 228 Å². The molecule has 0 radical (unpaired) electrons. The number of hydrogen-bond acceptors (Lipinski definition) is 9. The molecule has 0 saturated carbocycles. The van der Waals surface area contributed by atoms with Gasteiger partial charge in [0, 0.05) is 18.8 Å². The predicted octanol–water partition coefficient (Wildman–Crippen LogP) is 2.66.